The summed E-state index contributed by atoms with van der Waals surface area (Å²) in [5.41, 5.74) is 2.49. The highest BCUT2D eigenvalue weighted by Gasteiger charge is 2.32. The van der Waals surface area contributed by atoms with Crippen molar-refractivity contribution < 1.29 is 4.79 Å². The molecule has 1 fully saturated rings. The Morgan fingerprint density at radius 3 is 2.67 bits per heavy atom. The first-order valence-corrected chi connectivity index (χ1v) is 10.2. The molecule has 142 valence electrons. The van der Waals surface area contributed by atoms with E-state index in [1.807, 2.05) is 25.1 Å². The number of nitrogens with zero attached hydrogens (tertiary/aromatic N) is 5. The Bertz CT molecular complexity index is 848. The zero-order chi connectivity index (χ0) is 19.3. The van der Waals surface area contributed by atoms with Crippen LogP contribution in [0.1, 0.15) is 49.7 Å². The molecule has 27 heavy (non-hydrogen) atoms. The predicted octanol–water partition coefficient (Wildman–Crippen LogP) is 3.10. The van der Waals surface area contributed by atoms with Gasteiger partial charge in [-0.2, -0.15) is 9.94 Å². The molecule has 7 nitrogen and oxygen atoms in total. The molecule has 0 aliphatic heterocycles. The lowest BCUT2D eigenvalue weighted by molar-refractivity contribution is -0.120. The van der Waals surface area contributed by atoms with Crippen LogP contribution in [-0.4, -0.2) is 37.4 Å². The minimum absolute atomic E-state index is 0.155. The molecule has 1 amide bonds. The number of carbonyl (C=O) groups excluding carboxylic acids is 1. The molecule has 0 unspecified atom stereocenters. The molecule has 8 heteroatoms. The van der Waals surface area contributed by atoms with Crippen LogP contribution in [0.15, 0.2) is 23.4 Å². The quantitative estimate of drug-likeness (QED) is 0.628. The van der Waals surface area contributed by atoms with Crippen LogP contribution >= 0.6 is 11.8 Å². The molecule has 1 aliphatic carbocycles. The summed E-state index contributed by atoms with van der Waals surface area (Å²) in [4.78, 5) is 12.5. The molecular formula is C19H24N6OS. The molecule has 3 rings (SSSR count). The van der Waals surface area contributed by atoms with Gasteiger partial charge in [-0.3, -0.25) is 4.79 Å². The van der Waals surface area contributed by atoms with Crippen molar-refractivity contribution in [2.75, 3.05) is 5.75 Å². The van der Waals surface area contributed by atoms with Crippen molar-refractivity contribution in [3.8, 4) is 11.8 Å². The van der Waals surface area contributed by atoms with Crippen molar-refractivity contribution in [1.29, 1.82) is 5.26 Å². The van der Waals surface area contributed by atoms with E-state index in [2.05, 4.69) is 33.8 Å². The molecule has 2 aromatic rings. The number of aryl methyl sites for hydroxylation is 2. The van der Waals surface area contributed by atoms with Gasteiger partial charge in [-0.15, -0.1) is 5.10 Å². The molecule has 0 bridgehead atoms. The molecule has 0 radical (unpaired) electrons. The summed E-state index contributed by atoms with van der Waals surface area (Å²) in [6.45, 7) is 4.09. The van der Waals surface area contributed by atoms with Crippen molar-refractivity contribution in [3.05, 3.63) is 29.3 Å². The monoisotopic (exact) mass is 384 g/mol. The predicted molar refractivity (Wildman–Crippen MR) is 104 cm³/mol. The SMILES string of the molecule is Cc1ccc(-n2nnnc2SCC(=O)NC2(C#N)CCCCCC2)cc1C. The fraction of sp³-hybridized carbons (Fsp3) is 0.526. The Kier molecular flexibility index (Phi) is 6.11. The fourth-order valence-corrected chi connectivity index (χ4v) is 4.01. The van der Waals surface area contributed by atoms with E-state index >= 15 is 0 Å². The summed E-state index contributed by atoms with van der Waals surface area (Å²) in [5.74, 6) is 0.0207. The topological polar surface area (TPSA) is 96.5 Å². The van der Waals surface area contributed by atoms with E-state index in [0.717, 1.165) is 49.8 Å². The highest BCUT2D eigenvalue weighted by molar-refractivity contribution is 7.99. The Morgan fingerprint density at radius 2 is 2.00 bits per heavy atom. The Morgan fingerprint density at radius 1 is 1.26 bits per heavy atom. The molecule has 1 aliphatic rings. The Labute approximate surface area is 163 Å². The van der Waals surface area contributed by atoms with E-state index < -0.39 is 5.54 Å². The minimum atomic E-state index is -0.728. The first-order chi connectivity index (χ1) is 13.0. The van der Waals surface area contributed by atoms with Crippen molar-refractivity contribution in [3.63, 3.8) is 0 Å². The molecule has 0 saturated heterocycles. The number of nitrogens with one attached hydrogen (secondary N) is 1. The first-order valence-electron chi connectivity index (χ1n) is 9.24. The molecule has 1 aromatic carbocycles. The Balaban J connectivity index is 1.65. The largest absolute Gasteiger partial charge is 0.337 e. The van der Waals surface area contributed by atoms with Gasteiger partial charge in [-0.05, 0) is 60.4 Å². The number of hydrogen-bond donors (Lipinski definition) is 1. The maximum atomic E-state index is 12.5. The maximum absolute atomic E-state index is 12.5. The zero-order valence-corrected chi connectivity index (χ0v) is 16.6. The first kappa shape index (κ1) is 19.4. The van der Waals surface area contributed by atoms with Crippen LogP contribution in [0, 0.1) is 25.2 Å². The summed E-state index contributed by atoms with van der Waals surface area (Å²) in [6.07, 6.45) is 5.65. The third-order valence-corrected chi connectivity index (χ3v) is 5.98. The molecule has 1 saturated carbocycles. The van der Waals surface area contributed by atoms with Gasteiger partial charge < -0.3 is 5.32 Å². The highest BCUT2D eigenvalue weighted by Crippen LogP contribution is 2.27. The summed E-state index contributed by atoms with van der Waals surface area (Å²) < 4.78 is 1.64. The lowest BCUT2D eigenvalue weighted by Gasteiger charge is -2.26. The summed E-state index contributed by atoms with van der Waals surface area (Å²) in [5, 5.41) is 24.9. The summed E-state index contributed by atoms with van der Waals surface area (Å²) in [7, 11) is 0. The van der Waals surface area contributed by atoms with E-state index in [1.54, 1.807) is 4.68 Å². The molecule has 1 aromatic heterocycles. The number of carbonyl (C=O) groups is 1. The van der Waals surface area contributed by atoms with Crippen molar-refractivity contribution in [2.24, 2.45) is 0 Å². The van der Waals surface area contributed by atoms with Gasteiger partial charge in [-0.25, -0.2) is 0 Å². The van der Waals surface area contributed by atoms with E-state index in [1.165, 1.54) is 17.3 Å². The van der Waals surface area contributed by atoms with Crippen molar-refractivity contribution in [2.45, 2.75) is 63.1 Å². The summed E-state index contributed by atoms with van der Waals surface area (Å²) >= 11 is 1.28. The second-order valence-corrected chi connectivity index (χ2v) is 8.03. The molecule has 0 spiro atoms. The van der Waals surface area contributed by atoms with Crippen LogP contribution in [0.25, 0.3) is 5.69 Å². The van der Waals surface area contributed by atoms with Gasteiger partial charge in [0.15, 0.2) is 0 Å². The number of thioether (sulfide) groups is 1. The lowest BCUT2D eigenvalue weighted by Crippen LogP contribution is -2.47. The number of aromatic nitrogens is 4. The third-order valence-electron chi connectivity index (χ3n) is 5.06. The number of tetrazole rings is 1. The molecule has 1 N–H and O–H groups in total. The molecule has 0 atom stereocenters. The van der Waals surface area contributed by atoms with Crippen molar-refractivity contribution >= 4 is 17.7 Å². The second kappa shape index (κ2) is 8.53. The van der Waals surface area contributed by atoms with E-state index in [0.29, 0.717) is 5.16 Å². The maximum Gasteiger partial charge on any atom is 0.231 e. The number of amides is 1. The van der Waals surface area contributed by atoms with Crippen LogP contribution in [0.3, 0.4) is 0 Å². The van der Waals surface area contributed by atoms with Gasteiger partial charge >= 0.3 is 0 Å². The van der Waals surface area contributed by atoms with Gasteiger partial charge in [0.2, 0.25) is 11.1 Å². The van der Waals surface area contributed by atoms with Crippen LogP contribution in [0.5, 0.6) is 0 Å². The number of benzene rings is 1. The van der Waals surface area contributed by atoms with Crippen LogP contribution < -0.4 is 5.32 Å². The third kappa shape index (κ3) is 4.66. The standard InChI is InChI=1S/C19H24N6OS/c1-14-7-8-16(11-15(14)2)25-18(22-23-24-25)27-12-17(26)21-19(13-20)9-5-3-4-6-10-19/h7-8,11H,3-6,9-10,12H2,1-2H3,(H,21,26). The van der Waals surface area contributed by atoms with Crippen molar-refractivity contribution in [1.82, 2.24) is 25.5 Å². The van der Waals surface area contributed by atoms with Gasteiger partial charge in [0, 0.05) is 0 Å². The smallest absolute Gasteiger partial charge is 0.231 e. The average molecular weight is 385 g/mol. The molecular weight excluding hydrogens is 360 g/mol. The highest BCUT2D eigenvalue weighted by atomic mass is 32.2. The van der Waals surface area contributed by atoms with E-state index in [9.17, 15) is 10.1 Å². The van der Waals surface area contributed by atoms with Gasteiger partial charge in [0.25, 0.3) is 0 Å². The van der Waals surface area contributed by atoms with Crippen LogP contribution in [0.2, 0.25) is 0 Å². The normalized spacial score (nSPS) is 16.3. The Hall–Kier alpha value is -2.40. The van der Waals surface area contributed by atoms with Gasteiger partial charge in [-0.1, -0.05) is 43.5 Å². The molecule has 1 heterocycles. The van der Waals surface area contributed by atoms with Gasteiger partial charge in [0.1, 0.15) is 5.54 Å². The lowest BCUT2D eigenvalue weighted by atomic mass is 9.92. The fourth-order valence-electron chi connectivity index (χ4n) is 3.32. The average Bonchev–Trinajstić information content (AvgIpc) is 3.01. The van der Waals surface area contributed by atoms with E-state index in [4.69, 9.17) is 0 Å². The van der Waals surface area contributed by atoms with Gasteiger partial charge in [0.05, 0.1) is 17.5 Å². The zero-order valence-electron chi connectivity index (χ0n) is 15.7. The van der Waals surface area contributed by atoms with Crippen LogP contribution in [0.4, 0.5) is 0 Å². The number of nitriles is 1. The van der Waals surface area contributed by atoms with E-state index in [-0.39, 0.29) is 11.7 Å². The number of rotatable bonds is 5. The minimum Gasteiger partial charge on any atom is -0.337 e. The summed E-state index contributed by atoms with van der Waals surface area (Å²) in [6, 6.07) is 8.34. The van der Waals surface area contributed by atoms with Crippen LogP contribution in [-0.2, 0) is 4.79 Å². The number of hydrogen-bond acceptors (Lipinski definition) is 6. The second-order valence-electron chi connectivity index (χ2n) is 7.09.